The first-order valence-electron chi connectivity index (χ1n) is 9.94. The zero-order valence-corrected chi connectivity index (χ0v) is 17.7. The van der Waals surface area contributed by atoms with E-state index >= 15 is 0 Å². The first-order chi connectivity index (χ1) is 14.9. The van der Waals surface area contributed by atoms with Crippen LogP contribution in [0.4, 0.5) is 27.5 Å². The van der Waals surface area contributed by atoms with Crippen molar-refractivity contribution in [1.82, 2.24) is 9.97 Å². The number of hydrogen-bond acceptors (Lipinski definition) is 6. The molecule has 2 unspecified atom stereocenters. The highest BCUT2D eigenvalue weighted by Gasteiger charge is 2.26. The molecule has 0 bridgehead atoms. The number of halogens is 2. The molecule has 2 aromatic rings. The third-order valence-electron chi connectivity index (χ3n) is 4.96. The van der Waals surface area contributed by atoms with E-state index in [-0.39, 0.29) is 34.4 Å². The lowest BCUT2D eigenvalue weighted by molar-refractivity contribution is -0.122. The molecule has 0 aliphatic heterocycles. The molecule has 2 amide bonds. The van der Waals surface area contributed by atoms with Crippen molar-refractivity contribution in [3.8, 4) is 0 Å². The molecule has 1 aromatic heterocycles. The zero-order chi connectivity index (χ0) is 22.4. The largest absolute Gasteiger partial charge is 0.369 e. The van der Waals surface area contributed by atoms with Gasteiger partial charge in [0.15, 0.2) is 5.82 Å². The lowest BCUT2D eigenvalue weighted by Crippen LogP contribution is -2.34. The minimum absolute atomic E-state index is 0.0155. The maximum Gasteiger partial charge on any atom is 0.248 e. The summed E-state index contributed by atoms with van der Waals surface area (Å²) in [4.78, 5) is 32.0. The highest BCUT2D eigenvalue weighted by atomic mass is 35.5. The molecule has 1 fully saturated rings. The second-order valence-electron chi connectivity index (χ2n) is 7.30. The number of nitrogens with zero attached hydrogens (tertiary/aromatic N) is 2. The van der Waals surface area contributed by atoms with Gasteiger partial charge in [0.05, 0.1) is 17.6 Å². The summed E-state index contributed by atoms with van der Waals surface area (Å²) in [6, 6.07) is 3.95. The predicted molar refractivity (Wildman–Crippen MR) is 119 cm³/mol. The van der Waals surface area contributed by atoms with Gasteiger partial charge in [-0.3, -0.25) is 9.59 Å². The molecule has 2 atom stereocenters. The Kier molecular flexibility index (Phi) is 7.41. The Labute approximate surface area is 184 Å². The summed E-state index contributed by atoms with van der Waals surface area (Å²) >= 11 is 6.24. The molecule has 1 aliphatic carbocycles. The van der Waals surface area contributed by atoms with Gasteiger partial charge in [-0.05, 0) is 50.5 Å². The van der Waals surface area contributed by atoms with Crippen LogP contribution in [0.3, 0.4) is 0 Å². The number of nitrogens with one attached hydrogen (secondary N) is 3. The van der Waals surface area contributed by atoms with E-state index in [0.29, 0.717) is 18.1 Å². The van der Waals surface area contributed by atoms with Crippen LogP contribution >= 0.6 is 11.6 Å². The van der Waals surface area contributed by atoms with Crippen LogP contribution < -0.4 is 21.7 Å². The van der Waals surface area contributed by atoms with Crippen LogP contribution in [0.1, 0.15) is 32.6 Å². The minimum atomic E-state index is -0.501. The van der Waals surface area contributed by atoms with Crippen molar-refractivity contribution in [2.24, 2.45) is 11.7 Å². The SMILES string of the molecule is CC=CC(=O)Nc1cc(F)ccc1Nc1nc(NC2CCCC(C(N)=O)C2)ncc1Cl. The van der Waals surface area contributed by atoms with Gasteiger partial charge in [0, 0.05) is 12.0 Å². The van der Waals surface area contributed by atoms with Crippen LogP contribution in [0.5, 0.6) is 0 Å². The molecule has 1 aromatic carbocycles. The average Bonchev–Trinajstić information content (AvgIpc) is 2.72. The van der Waals surface area contributed by atoms with Gasteiger partial charge < -0.3 is 21.7 Å². The highest BCUT2D eigenvalue weighted by Crippen LogP contribution is 2.31. The summed E-state index contributed by atoms with van der Waals surface area (Å²) in [5.41, 5.74) is 6.10. The van der Waals surface area contributed by atoms with E-state index < -0.39 is 11.7 Å². The number of primary amides is 1. The van der Waals surface area contributed by atoms with E-state index in [9.17, 15) is 14.0 Å². The van der Waals surface area contributed by atoms with Crippen molar-refractivity contribution in [1.29, 1.82) is 0 Å². The Balaban J connectivity index is 1.78. The Morgan fingerprint density at radius 1 is 1.29 bits per heavy atom. The van der Waals surface area contributed by atoms with Gasteiger partial charge in [-0.25, -0.2) is 9.37 Å². The molecule has 164 valence electrons. The van der Waals surface area contributed by atoms with Crippen molar-refractivity contribution >= 4 is 46.6 Å². The number of nitrogens with two attached hydrogens (primary N) is 1. The zero-order valence-electron chi connectivity index (χ0n) is 17.0. The number of anilines is 4. The van der Waals surface area contributed by atoms with E-state index in [2.05, 4.69) is 25.9 Å². The number of carbonyl (C=O) groups excluding carboxylic acids is 2. The normalized spacial score (nSPS) is 18.5. The van der Waals surface area contributed by atoms with Crippen LogP contribution in [0.15, 0.2) is 36.5 Å². The van der Waals surface area contributed by atoms with E-state index in [0.717, 1.165) is 19.3 Å². The molecule has 5 N–H and O–H groups in total. The summed E-state index contributed by atoms with van der Waals surface area (Å²) in [6.45, 7) is 1.71. The van der Waals surface area contributed by atoms with Crippen LogP contribution in [-0.4, -0.2) is 27.8 Å². The van der Waals surface area contributed by atoms with E-state index in [4.69, 9.17) is 17.3 Å². The molecule has 1 saturated carbocycles. The van der Waals surface area contributed by atoms with Gasteiger partial charge in [-0.2, -0.15) is 4.98 Å². The van der Waals surface area contributed by atoms with Gasteiger partial charge >= 0.3 is 0 Å². The third-order valence-corrected chi connectivity index (χ3v) is 5.24. The smallest absolute Gasteiger partial charge is 0.248 e. The Bertz CT molecular complexity index is 1000. The summed E-state index contributed by atoms with van der Waals surface area (Å²) in [6.07, 6.45) is 7.51. The van der Waals surface area contributed by atoms with Gasteiger partial charge in [0.2, 0.25) is 17.8 Å². The number of amides is 2. The molecule has 31 heavy (non-hydrogen) atoms. The number of allylic oxidation sites excluding steroid dienone is 1. The monoisotopic (exact) mass is 446 g/mol. The molecule has 1 heterocycles. The molecule has 8 nitrogen and oxygen atoms in total. The Hall–Kier alpha value is -3.20. The molecule has 0 spiro atoms. The van der Waals surface area contributed by atoms with E-state index in [1.54, 1.807) is 13.0 Å². The fourth-order valence-electron chi connectivity index (χ4n) is 3.47. The summed E-state index contributed by atoms with van der Waals surface area (Å²) in [5.74, 6) is -0.737. The summed E-state index contributed by atoms with van der Waals surface area (Å²) in [7, 11) is 0. The average molecular weight is 447 g/mol. The van der Waals surface area contributed by atoms with Gasteiger partial charge in [-0.1, -0.05) is 24.1 Å². The number of benzene rings is 1. The first kappa shape index (κ1) is 22.5. The maximum absolute atomic E-state index is 13.7. The predicted octanol–water partition coefficient (Wildman–Crippen LogP) is 3.98. The Morgan fingerprint density at radius 3 is 2.84 bits per heavy atom. The van der Waals surface area contributed by atoms with Crippen molar-refractivity contribution in [2.45, 2.75) is 38.6 Å². The highest BCUT2D eigenvalue weighted by molar-refractivity contribution is 6.33. The fourth-order valence-corrected chi connectivity index (χ4v) is 3.61. The van der Waals surface area contributed by atoms with Crippen LogP contribution in [0, 0.1) is 11.7 Å². The topological polar surface area (TPSA) is 122 Å². The van der Waals surface area contributed by atoms with Crippen LogP contribution in [0.25, 0.3) is 0 Å². The fraction of sp³-hybridized carbons (Fsp3) is 0.333. The summed E-state index contributed by atoms with van der Waals surface area (Å²) in [5, 5.41) is 9.10. The number of rotatable bonds is 7. The van der Waals surface area contributed by atoms with Crippen molar-refractivity contribution in [3.63, 3.8) is 0 Å². The third kappa shape index (κ3) is 6.14. The second kappa shape index (κ2) is 10.2. The molecule has 1 aliphatic rings. The van der Waals surface area contributed by atoms with E-state index in [1.165, 1.54) is 30.5 Å². The number of aromatic nitrogens is 2. The minimum Gasteiger partial charge on any atom is -0.369 e. The van der Waals surface area contributed by atoms with Crippen molar-refractivity contribution in [3.05, 3.63) is 47.4 Å². The first-order valence-corrected chi connectivity index (χ1v) is 10.3. The van der Waals surface area contributed by atoms with Gasteiger partial charge in [0.25, 0.3) is 0 Å². The number of hydrogen-bond donors (Lipinski definition) is 4. The molecule has 3 rings (SSSR count). The summed E-state index contributed by atoms with van der Waals surface area (Å²) < 4.78 is 13.7. The second-order valence-corrected chi connectivity index (χ2v) is 7.71. The van der Waals surface area contributed by atoms with Crippen molar-refractivity contribution in [2.75, 3.05) is 16.0 Å². The molecular formula is C21H24ClFN6O2. The van der Waals surface area contributed by atoms with Gasteiger partial charge in [0.1, 0.15) is 10.8 Å². The van der Waals surface area contributed by atoms with Crippen molar-refractivity contribution < 1.29 is 14.0 Å². The standard InChI is InChI=1S/C21H24ClFN6O2/c1-2-4-18(30)27-17-10-13(23)7-8-16(17)28-20-15(22)11-25-21(29-20)26-14-6-3-5-12(9-14)19(24)31/h2,4,7-8,10-12,14H,3,5-6,9H2,1H3,(H2,24,31)(H,27,30)(H2,25,26,28,29). The number of carbonyl (C=O) groups is 2. The quantitative estimate of drug-likeness (QED) is 0.477. The van der Waals surface area contributed by atoms with E-state index in [1.807, 2.05) is 0 Å². The van der Waals surface area contributed by atoms with Gasteiger partial charge in [-0.15, -0.1) is 0 Å². The van der Waals surface area contributed by atoms with Crippen LogP contribution in [-0.2, 0) is 9.59 Å². The molecule has 0 radical (unpaired) electrons. The maximum atomic E-state index is 13.7. The Morgan fingerprint density at radius 2 is 2.10 bits per heavy atom. The molecule has 0 saturated heterocycles. The lowest BCUT2D eigenvalue weighted by atomic mass is 9.85. The van der Waals surface area contributed by atoms with Crippen LogP contribution in [0.2, 0.25) is 5.02 Å². The lowest BCUT2D eigenvalue weighted by Gasteiger charge is -2.28. The molecule has 10 heteroatoms. The molecular weight excluding hydrogens is 423 g/mol.